The van der Waals surface area contributed by atoms with E-state index in [9.17, 15) is 9.59 Å². The molecule has 2 unspecified atom stereocenters. The van der Waals surface area contributed by atoms with Crippen LogP contribution in [-0.4, -0.2) is 50.7 Å². The number of hydrogen-bond acceptors (Lipinski definition) is 4. The average molecular weight is 257 g/mol. The van der Waals surface area contributed by atoms with Gasteiger partial charge in [-0.2, -0.15) is 0 Å². The highest BCUT2D eigenvalue weighted by atomic mass is 16.5. The normalized spacial score (nSPS) is 22.8. The first-order valence-electron chi connectivity index (χ1n) is 6.54. The minimum absolute atomic E-state index is 0.0314. The summed E-state index contributed by atoms with van der Waals surface area (Å²) in [5.74, 6) is -0.485. The Hall–Kier alpha value is -1.14. The molecule has 0 aliphatic carbocycles. The van der Waals surface area contributed by atoms with Gasteiger partial charge in [-0.3, -0.25) is 9.59 Å². The lowest BCUT2D eigenvalue weighted by molar-refractivity contribution is -0.128. The predicted molar refractivity (Wildman–Crippen MR) is 68.1 cm³/mol. The molecule has 1 heterocycles. The van der Waals surface area contributed by atoms with E-state index < -0.39 is 0 Å². The fourth-order valence-corrected chi connectivity index (χ4v) is 1.90. The van der Waals surface area contributed by atoms with Crippen molar-refractivity contribution in [2.45, 2.75) is 26.3 Å². The highest BCUT2D eigenvalue weighted by molar-refractivity contribution is 5.86. The van der Waals surface area contributed by atoms with Crippen LogP contribution in [0.5, 0.6) is 0 Å². The Morgan fingerprint density at radius 2 is 2.00 bits per heavy atom. The van der Waals surface area contributed by atoms with Crippen LogP contribution in [0.2, 0.25) is 0 Å². The van der Waals surface area contributed by atoms with Crippen molar-refractivity contribution in [3.8, 4) is 0 Å². The number of hydrogen-bond donors (Lipinski definition) is 3. The molecule has 0 radical (unpaired) electrons. The Bertz CT molecular complexity index is 284. The van der Waals surface area contributed by atoms with Crippen LogP contribution in [0, 0.1) is 5.92 Å². The summed E-state index contributed by atoms with van der Waals surface area (Å²) in [6, 6.07) is 0.0548. The molecular weight excluding hydrogens is 234 g/mol. The summed E-state index contributed by atoms with van der Waals surface area (Å²) in [6.07, 6.45) is 1.02. The number of amides is 2. The van der Waals surface area contributed by atoms with E-state index in [0.717, 1.165) is 13.0 Å². The first-order valence-corrected chi connectivity index (χ1v) is 6.54. The molecule has 0 bridgehead atoms. The average Bonchev–Trinajstić information content (AvgIpc) is 2.82. The fourth-order valence-electron chi connectivity index (χ4n) is 1.90. The van der Waals surface area contributed by atoms with Gasteiger partial charge in [0, 0.05) is 12.6 Å². The predicted octanol–water partition coefficient (Wildman–Crippen LogP) is -0.747. The Morgan fingerprint density at radius 1 is 1.22 bits per heavy atom. The Kier molecular flexibility index (Phi) is 6.67. The third-order valence-electron chi connectivity index (χ3n) is 2.87. The molecule has 6 heteroatoms. The zero-order valence-electron chi connectivity index (χ0n) is 11.1. The number of rotatable bonds is 7. The van der Waals surface area contributed by atoms with E-state index in [-0.39, 0.29) is 30.3 Å². The molecule has 0 aromatic rings. The van der Waals surface area contributed by atoms with Gasteiger partial charge in [0.15, 0.2) is 0 Å². The number of carbonyl (C=O) groups excluding carboxylic acids is 2. The van der Waals surface area contributed by atoms with Crippen molar-refractivity contribution in [3.05, 3.63) is 0 Å². The molecule has 2 amide bonds. The van der Waals surface area contributed by atoms with Gasteiger partial charge < -0.3 is 20.7 Å². The molecular formula is C12H23N3O3. The molecule has 0 spiro atoms. The van der Waals surface area contributed by atoms with Crippen LogP contribution >= 0.6 is 0 Å². The standard InChI is InChI=1S/C12H23N3O3/c1-3-5-14-10-8-18-7-9(10)12(17)15-6-11(16)13-4-2/h9-10,14H,3-8H2,1-2H3,(H,13,16)(H,15,17). The Balaban J connectivity index is 2.33. The summed E-state index contributed by atoms with van der Waals surface area (Å²) >= 11 is 0. The van der Waals surface area contributed by atoms with Crippen LogP contribution in [0.4, 0.5) is 0 Å². The lowest BCUT2D eigenvalue weighted by atomic mass is 10.0. The van der Waals surface area contributed by atoms with E-state index in [1.54, 1.807) is 0 Å². The molecule has 1 saturated heterocycles. The highest BCUT2D eigenvalue weighted by Gasteiger charge is 2.33. The van der Waals surface area contributed by atoms with Crippen LogP contribution in [0.15, 0.2) is 0 Å². The maximum absolute atomic E-state index is 11.9. The van der Waals surface area contributed by atoms with Crippen molar-refractivity contribution in [1.82, 2.24) is 16.0 Å². The zero-order chi connectivity index (χ0) is 13.4. The van der Waals surface area contributed by atoms with E-state index in [4.69, 9.17) is 4.74 Å². The summed E-state index contributed by atoms with van der Waals surface area (Å²) in [7, 11) is 0. The quantitative estimate of drug-likeness (QED) is 0.561. The van der Waals surface area contributed by atoms with Gasteiger partial charge in [-0.25, -0.2) is 0 Å². The minimum atomic E-state index is -0.203. The lowest BCUT2D eigenvalue weighted by Crippen LogP contribution is -2.46. The number of ether oxygens (including phenoxy) is 1. The van der Waals surface area contributed by atoms with Crippen LogP contribution in [0.25, 0.3) is 0 Å². The number of likely N-dealkylation sites (N-methyl/N-ethyl adjacent to an activating group) is 1. The molecule has 1 rings (SSSR count). The maximum Gasteiger partial charge on any atom is 0.239 e. The first-order chi connectivity index (χ1) is 8.69. The van der Waals surface area contributed by atoms with Gasteiger partial charge in [0.25, 0.3) is 0 Å². The van der Waals surface area contributed by atoms with Gasteiger partial charge in [0.1, 0.15) is 0 Å². The summed E-state index contributed by atoms with van der Waals surface area (Å²) in [5.41, 5.74) is 0. The van der Waals surface area contributed by atoms with E-state index in [1.165, 1.54) is 0 Å². The van der Waals surface area contributed by atoms with Crippen LogP contribution in [-0.2, 0) is 14.3 Å². The molecule has 0 aromatic carbocycles. The Morgan fingerprint density at radius 3 is 2.67 bits per heavy atom. The van der Waals surface area contributed by atoms with Crippen molar-refractivity contribution < 1.29 is 14.3 Å². The molecule has 1 aliphatic rings. The molecule has 18 heavy (non-hydrogen) atoms. The summed E-state index contributed by atoms with van der Waals surface area (Å²) in [6.45, 7) is 6.36. The van der Waals surface area contributed by atoms with Gasteiger partial charge in [0.05, 0.1) is 25.7 Å². The first kappa shape index (κ1) is 14.9. The SMILES string of the molecule is CCCNC1COCC1C(=O)NCC(=O)NCC. The van der Waals surface area contributed by atoms with E-state index in [1.807, 2.05) is 6.92 Å². The van der Waals surface area contributed by atoms with Crippen molar-refractivity contribution in [1.29, 1.82) is 0 Å². The van der Waals surface area contributed by atoms with Gasteiger partial charge in [-0.15, -0.1) is 0 Å². The van der Waals surface area contributed by atoms with E-state index in [0.29, 0.717) is 19.8 Å². The number of carbonyl (C=O) groups is 2. The third-order valence-corrected chi connectivity index (χ3v) is 2.87. The summed E-state index contributed by atoms with van der Waals surface area (Å²) in [5, 5.41) is 8.57. The molecule has 0 saturated carbocycles. The van der Waals surface area contributed by atoms with Crippen LogP contribution in [0.1, 0.15) is 20.3 Å². The van der Waals surface area contributed by atoms with Gasteiger partial charge in [0.2, 0.25) is 11.8 Å². The van der Waals surface area contributed by atoms with E-state index >= 15 is 0 Å². The Labute approximate surface area is 108 Å². The smallest absolute Gasteiger partial charge is 0.239 e. The molecule has 1 fully saturated rings. The highest BCUT2D eigenvalue weighted by Crippen LogP contribution is 2.13. The molecule has 3 N–H and O–H groups in total. The van der Waals surface area contributed by atoms with E-state index in [2.05, 4.69) is 22.9 Å². The van der Waals surface area contributed by atoms with Crippen LogP contribution in [0.3, 0.4) is 0 Å². The number of nitrogens with one attached hydrogen (secondary N) is 3. The topological polar surface area (TPSA) is 79.5 Å². The molecule has 1 aliphatic heterocycles. The largest absolute Gasteiger partial charge is 0.379 e. The van der Waals surface area contributed by atoms with Gasteiger partial charge in [-0.1, -0.05) is 6.92 Å². The molecule has 2 atom stereocenters. The molecule has 104 valence electrons. The fraction of sp³-hybridized carbons (Fsp3) is 0.833. The molecule has 0 aromatic heterocycles. The summed E-state index contributed by atoms with van der Waals surface area (Å²) < 4.78 is 5.32. The second-order valence-corrected chi connectivity index (χ2v) is 4.38. The minimum Gasteiger partial charge on any atom is -0.379 e. The van der Waals surface area contributed by atoms with Crippen molar-refractivity contribution in [2.75, 3.05) is 32.8 Å². The monoisotopic (exact) mass is 257 g/mol. The molecule has 6 nitrogen and oxygen atoms in total. The van der Waals surface area contributed by atoms with Crippen LogP contribution < -0.4 is 16.0 Å². The van der Waals surface area contributed by atoms with Crippen molar-refractivity contribution in [2.24, 2.45) is 5.92 Å². The third kappa shape index (κ3) is 4.62. The van der Waals surface area contributed by atoms with Crippen molar-refractivity contribution >= 4 is 11.8 Å². The lowest BCUT2D eigenvalue weighted by Gasteiger charge is -2.18. The van der Waals surface area contributed by atoms with Crippen molar-refractivity contribution in [3.63, 3.8) is 0 Å². The second-order valence-electron chi connectivity index (χ2n) is 4.38. The van der Waals surface area contributed by atoms with Gasteiger partial charge >= 0.3 is 0 Å². The zero-order valence-corrected chi connectivity index (χ0v) is 11.1. The van der Waals surface area contributed by atoms with Gasteiger partial charge in [-0.05, 0) is 19.9 Å². The summed E-state index contributed by atoms with van der Waals surface area (Å²) in [4.78, 5) is 23.2. The maximum atomic E-state index is 11.9. The second kappa shape index (κ2) is 8.05.